The molecule has 1 fully saturated rings. The predicted octanol–water partition coefficient (Wildman–Crippen LogP) is 3.65. The maximum atomic E-state index is 12.1. The van der Waals surface area contributed by atoms with E-state index in [1.165, 1.54) is 29.8 Å². The van der Waals surface area contributed by atoms with E-state index in [1.807, 2.05) is 6.92 Å². The largest absolute Gasteiger partial charge is 0.357 e. The zero-order chi connectivity index (χ0) is 18.0. The van der Waals surface area contributed by atoms with Crippen LogP contribution in [0.2, 0.25) is 5.02 Å². The summed E-state index contributed by atoms with van der Waals surface area (Å²) in [6.45, 7) is 3.34. The number of Topliss-reactive ketones (excluding diaryl/α,β-unsaturated/α-hetero) is 1. The van der Waals surface area contributed by atoms with Crippen LogP contribution in [0.5, 0.6) is 0 Å². The summed E-state index contributed by atoms with van der Waals surface area (Å²) in [5.74, 6) is 0.244. The van der Waals surface area contributed by atoms with E-state index in [2.05, 4.69) is 15.2 Å². The highest BCUT2D eigenvalue weighted by Gasteiger charge is 2.29. The van der Waals surface area contributed by atoms with Gasteiger partial charge in [0, 0.05) is 16.3 Å². The topological polar surface area (TPSA) is 77.9 Å². The molecule has 128 valence electrons. The maximum absolute atomic E-state index is 12.1. The number of amides is 1. The molecule has 8 heteroatoms. The Hall–Kier alpha value is -2.38. The summed E-state index contributed by atoms with van der Waals surface area (Å²) in [5.41, 5.74) is 2.79. The lowest BCUT2D eigenvalue weighted by Crippen LogP contribution is -2.28. The molecular weight excluding hydrogens is 360 g/mol. The molecule has 3 rings (SSSR count). The number of carbonyl (C=O) groups excluding carboxylic acids is 2. The molecule has 1 N–H and O–H groups in total. The van der Waals surface area contributed by atoms with Crippen molar-refractivity contribution in [2.75, 3.05) is 10.7 Å². The highest BCUT2D eigenvalue weighted by atomic mass is 35.5. The third-order valence-electron chi connectivity index (χ3n) is 3.61. The average molecular weight is 375 g/mol. The molecule has 1 aromatic heterocycles. The van der Waals surface area contributed by atoms with Gasteiger partial charge in [-0.2, -0.15) is 5.10 Å². The number of thioether (sulfide) groups is 1. The Morgan fingerprint density at radius 3 is 2.72 bits per heavy atom. The van der Waals surface area contributed by atoms with Crippen LogP contribution in [0.25, 0.3) is 0 Å². The number of aromatic nitrogens is 1. The third kappa shape index (κ3) is 3.83. The fraction of sp³-hybridized carbons (Fsp3) is 0.176. The number of amidine groups is 1. The van der Waals surface area contributed by atoms with Crippen LogP contribution in [0.3, 0.4) is 0 Å². The van der Waals surface area contributed by atoms with Crippen molar-refractivity contribution in [1.29, 1.82) is 0 Å². The van der Waals surface area contributed by atoms with Gasteiger partial charge in [0.05, 0.1) is 23.3 Å². The standard InChI is InChI=1S/C17H15ClN4O2S/c1-10-15(11(2)23)7-13(20-10)8-19-21-17-22(16(24)9-25-17)14-5-3-12(18)4-6-14/h3-8,20H,9H2,1-2H3/b19-8+,21-17+. The molecular formula is C17H15ClN4O2S. The van der Waals surface area contributed by atoms with Crippen LogP contribution >= 0.6 is 23.4 Å². The lowest BCUT2D eigenvalue weighted by Gasteiger charge is -2.14. The number of hydrogen-bond donors (Lipinski definition) is 1. The molecule has 1 saturated heterocycles. The Morgan fingerprint density at radius 2 is 2.08 bits per heavy atom. The van der Waals surface area contributed by atoms with Crippen molar-refractivity contribution in [3.63, 3.8) is 0 Å². The van der Waals surface area contributed by atoms with Gasteiger partial charge in [0.15, 0.2) is 11.0 Å². The SMILES string of the molecule is CC(=O)c1cc(/C=N/N=C2/SCC(=O)N2c2ccc(Cl)cc2)[nH]c1C. The second kappa shape index (κ2) is 7.25. The first-order chi connectivity index (χ1) is 12.0. The lowest BCUT2D eigenvalue weighted by atomic mass is 10.2. The number of nitrogens with zero attached hydrogens (tertiary/aromatic N) is 3. The molecule has 1 aliphatic rings. The molecule has 25 heavy (non-hydrogen) atoms. The summed E-state index contributed by atoms with van der Waals surface area (Å²) in [5, 5.41) is 9.29. The van der Waals surface area contributed by atoms with E-state index < -0.39 is 0 Å². The van der Waals surface area contributed by atoms with Crippen molar-refractivity contribution in [2.24, 2.45) is 10.2 Å². The lowest BCUT2D eigenvalue weighted by molar-refractivity contribution is -0.115. The van der Waals surface area contributed by atoms with Crippen molar-refractivity contribution in [3.8, 4) is 0 Å². The van der Waals surface area contributed by atoms with E-state index in [4.69, 9.17) is 11.6 Å². The van der Waals surface area contributed by atoms with Gasteiger partial charge in [-0.3, -0.25) is 14.5 Å². The zero-order valence-corrected chi connectivity index (χ0v) is 15.2. The summed E-state index contributed by atoms with van der Waals surface area (Å²) < 4.78 is 0. The van der Waals surface area contributed by atoms with Crippen molar-refractivity contribution in [3.05, 3.63) is 52.3 Å². The van der Waals surface area contributed by atoms with Gasteiger partial charge >= 0.3 is 0 Å². The van der Waals surface area contributed by atoms with E-state index in [0.29, 0.717) is 32.9 Å². The summed E-state index contributed by atoms with van der Waals surface area (Å²) in [6, 6.07) is 8.70. The van der Waals surface area contributed by atoms with Crippen molar-refractivity contribution < 1.29 is 9.59 Å². The van der Waals surface area contributed by atoms with Gasteiger partial charge < -0.3 is 4.98 Å². The number of H-pyrrole nitrogens is 1. The van der Waals surface area contributed by atoms with Crippen LogP contribution in [0.15, 0.2) is 40.5 Å². The molecule has 0 atom stereocenters. The molecule has 0 radical (unpaired) electrons. The predicted molar refractivity (Wildman–Crippen MR) is 102 cm³/mol. The van der Waals surface area contributed by atoms with E-state index in [1.54, 1.807) is 30.3 Å². The van der Waals surface area contributed by atoms with Gasteiger partial charge in [-0.1, -0.05) is 23.4 Å². The van der Waals surface area contributed by atoms with Gasteiger partial charge in [0.1, 0.15) is 0 Å². The number of ketones is 1. The molecule has 1 amide bonds. The third-order valence-corrected chi connectivity index (χ3v) is 4.77. The first-order valence-corrected chi connectivity index (χ1v) is 8.85. The molecule has 0 saturated carbocycles. The number of hydrogen-bond acceptors (Lipinski definition) is 5. The van der Waals surface area contributed by atoms with Crippen LogP contribution in [-0.2, 0) is 4.79 Å². The Kier molecular flexibility index (Phi) is 5.06. The van der Waals surface area contributed by atoms with Crippen molar-refractivity contribution in [2.45, 2.75) is 13.8 Å². The summed E-state index contributed by atoms with van der Waals surface area (Å²) in [4.78, 5) is 28.2. The molecule has 0 spiro atoms. The highest BCUT2D eigenvalue weighted by molar-refractivity contribution is 8.15. The molecule has 2 aromatic rings. The first kappa shape index (κ1) is 17.4. The second-order valence-electron chi connectivity index (χ2n) is 5.44. The minimum Gasteiger partial charge on any atom is -0.357 e. The zero-order valence-electron chi connectivity index (χ0n) is 13.6. The van der Waals surface area contributed by atoms with E-state index in [0.717, 1.165) is 5.69 Å². The van der Waals surface area contributed by atoms with E-state index >= 15 is 0 Å². The van der Waals surface area contributed by atoms with Crippen molar-refractivity contribution in [1.82, 2.24) is 4.98 Å². The van der Waals surface area contributed by atoms with Crippen LogP contribution in [-0.4, -0.2) is 33.8 Å². The van der Waals surface area contributed by atoms with Gasteiger partial charge in [0.2, 0.25) is 5.91 Å². The molecule has 2 heterocycles. The number of benzene rings is 1. The van der Waals surface area contributed by atoms with Gasteiger partial charge in [-0.15, -0.1) is 5.10 Å². The number of aromatic amines is 1. The number of anilines is 1. The molecule has 6 nitrogen and oxygen atoms in total. The van der Waals surface area contributed by atoms with Gasteiger partial charge in [-0.05, 0) is 44.2 Å². The molecule has 0 aliphatic carbocycles. The maximum Gasteiger partial charge on any atom is 0.243 e. The quantitative estimate of drug-likeness (QED) is 0.504. The number of rotatable bonds is 4. The van der Waals surface area contributed by atoms with Crippen LogP contribution in [0.1, 0.15) is 28.7 Å². The first-order valence-electron chi connectivity index (χ1n) is 7.48. The normalized spacial score (nSPS) is 16.4. The summed E-state index contributed by atoms with van der Waals surface area (Å²) in [6.07, 6.45) is 1.52. The van der Waals surface area contributed by atoms with E-state index in [-0.39, 0.29) is 11.7 Å². The minimum atomic E-state index is -0.0594. The highest BCUT2D eigenvalue weighted by Crippen LogP contribution is 2.27. The molecule has 0 unspecified atom stereocenters. The number of halogens is 1. The number of carbonyl (C=O) groups is 2. The molecule has 1 aliphatic heterocycles. The van der Waals surface area contributed by atoms with Gasteiger partial charge in [0.25, 0.3) is 0 Å². The fourth-order valence-corrected chi connectivity index (χ4v) is 3.39. The Bertz CT molecular complexity index is 887. The fourth-order valence-electron chi connectivity index (χ4n) is 2.44. The summed E-state index contributed by atoms with van der Waals surface area (Å²) >= 11 is 7.21. The molecule has 1 aromatic carbocycles. The van der Waals surface area contributed by atoms with Gasteiger partial charge in [-0.25, -0.2) is 0 Å². The smallest absolute Gasteiger partial charge is 0.243 e. The van der Waals surface area contributed by atoms with Crippen LogP contribution < -0.4 is 4.90 Å². The number of aryl methyl sites for hydroxylation is 1. The van der Waals surface area contributed by atoms with E-state index in [9.17, 15) is 9.59 Å². The monoisotopic (exact) mass is 374 g/mol. The second-order valence-corrected chi connectivity index (χ2v) is 6.82. The van der Waals surface area contributed by atoms with Crippen molar-refractivity contribution >= 4 is 52.1 Å². The Morgan fingerprint density at radius 1 is 1.36 bits per heavy atom. The number of nitrogens with one attached hydrogen (secondary N) is 1. The summed E-state index contributed by atoms with van der Waals surface area (Å²) in [7, 11) is 0. The average Bonchev–Trinajstić information content (AvgIpc) is 3.12. The van der Waals surface area contributed by atoms with Crippen LogP contribution in [0.4, 0.5) is 5.69 Å². The Balaban J connectivity index is 1.82. The molecule has 0 bridgehead atoms. The Labute approximate surface area is 154 Å². The minimum absolute atomic E-state index is 0.00873. The van der Waals surface area contributed by atoms with Crippen LogP contribution in [0, 0.1) is 6.92 Å².